The quantitative estimate of drug-likeness (QED) is 0.505. The minimum atomic E-state index is -4.69. The van der Waals surface area contributed by atoms with Crippen molar-refractivity contribution >= 4 is 16.3 Å². The van der Waals surface area contributed by atoms with Crippen molar-refractivity contribution in [1.29, 1.82) is 0 Å². The molecule has 0 atom stereocenters. The van der Waals surface area contributed by atoms with Gasteiger partial charge in [0.05, 0.1) is 4.90 Å². The van der Waals surface area contributed by atoms with Gasteiger partial charge in [0.1, 0.15) is 6.61 Å². The molecular formula is C18H16FNO4S. The van der Waals surface area contributed by atoms with Crippen LogP contribution >= 0.6 is 0 Å². The number of halogens is 1. The molecule has 1 amide bonds. The van der Waals surface area contributed by atoms with Crippen LogP contribution in [0, 0.1) is 11.8 Å². The molecule has 130 valence electrons. The minimum absolute atomic E-state index is 0.197. The number of benzene rings is 2. The molecule has 0 aliphatic rings. The zero-order valence-electron chi connectivity index (χ0n) is 13.2. The number of carbonyl (C=O) groups is 1. The standard InChI is InChI=1S/C18H16FNO4S/c19-25(22,23)17-11-9-15(10-12-17)6-4-5-13-20-18(21)24-14-16-7-2-1-3-8-16/h1-3,7-12H,5,13-14H2,(H,20,21). The molecule has 0 saturated carbocycles. The van der Waals surface area contributed by atoms with Gasteiger partial charge in [-0.25, -0.2) is 4.79 Å². The summed E-state index contributed by atoms with van der Waals surface area (Å²) in [7, 11) is -4.69. The second-order valence-corrected chi connectivity index (χ2v) is 6.35. The van der Waals surface area contributed by atoms with Gasteiger partial charge in [-0.1, -0.05) is 42.2 Å². The molecule has 0 unspecified atom stereocenters. The fraction of sp³-hybridized carbons (Fsp3) is 0.167. The maximum absolute atomic E-state index is 12.7. The summed E-state index contributed by atoms with van der Waals surface area (Å²) in [5.41, 5.74) is 1.45. The number of ether oxygens (including phenoxy) is 1. The van der Waals surface area contributed by atoms with Crippen LogP contribution in [0.5, 0.6) is 0 Å². The summed E-state index contributed by atoms with van der Waals surface area (Å²) >= 11 is 0. The molecule has 0 aliphatic carbocycles. The molecule has 2 aromatic rings. The van der Waals surface area contributed by atoms with E-state index in [1.165, 1.54) is 12.1 Å². The Balaban J connectivity index is 1.71. The second-order valence-electron chi connectivity index (χ2n) is 5.00. The first-order chi connectivity index (χ1) is 11.9. The predicted molar refractivity (Wildman–Crippen MR) is 90.9 cm³/mol. The van der Waals surface area contributed by atoms with Crippen LogP contribution in [0.25, 0.3) is 0 Å². The van der Waals surface area contributed by atoms with Gasteiger partial charge >= 0.3 is 16.3 Å². The van der Waals surface area contributed by atoms with Crippen LogP contribution in [0.1, 0.15) is 17.5 Å². The Kier molecular flexibility index (Phi) is 6.54. The van der Waals surface area contributed by atoms with E-state index in [0.717, 1.165) is 17.7 Å². The maximum Gasteiger partial charge on any atom is 0.407 e. The number of hydrogen-bond acceptors (Lipinski definition) is 4. The smallest absolute Gasteiger partial charge is 0.407 e. The van der Waals surface area contributed by atoms with Crippen molar-refractivity contribution in [3.8, 4) is 11.8 Å². The SMILES string of the molecule is O=C(NCCC#Cc1ccc(S(=O)(=O)F)cc1)OCc1ccccc1. The molecule has 2 rings (SSSR count). The van der Waals surface area contributed by atoms with E-state index in [1.54, 1.807) is 0 Å². The molecule has 0 saturated heterocycles. The predicted octanol–water partition coefficient (Wildman–Crippen LogP) is 3.01. The molecule has 0 bridgehead atoms. The van der Waals surface area contributed by atoms with Crippen LogP contribution in [0.15, 0.2) is 59.5 Å². The lowest BCUT2D eigenvalue weighted by molar-refractivity contribution is 0.140. The van der Waals surface area contributed by atoms with E-state index in [9.17, 15) is 17.1 Å². The average molecular weight is 361 g/mol. The second kappa shape index (κ2) is 8.85. The monoisotopic (exact) mass is 361 g/mol. The summed E-state index contributed by atoms with van der Waals surface area (Å²) in [6.45, 7) is 0.514. The molecule has 0 aliphatic heterocycles. The summed E-state index contributed by atoms with van der Waals surface area (Å²) in [6.07, 6.45) is -0.132. The van der Waals surface area contributed by atoms with Crippen LogP contribution in [0.4, 0.5) is 8.68 Å². The van der Waals surface area contributed by atoms with Crippen LogP contribution < -0.4 is 5.32 Å². The van der Waals surface area contributed by atoms with E-state index in [0.29, 0.717) is 18.5 Å². The van der Waals surface area contributed by atoms with Crippen molar-refractivity contribution in [1.82, 2.24) is 5.32 Å². The lowest BCUT2D eigenvalue weighted by Crippen LogP contribution is -2.24. The topological polar surface area (TPSA) is 72.5 Å². The highest BCUT2D eigenvalue weighted by molar-refractivity contribution is 7.86. The van der Waals surface area contributed by atoms with E-state index in [1.807, 2.05) is 30.3 Å². The first-order valence-electron chi connectivity index (χ1n) is 7.43. The van der Waals surface area contributed by atoms with Gasteiger partial charge in [-0.2, -0.15) is 8.42 Å². The number of alkyl carbamates (subject to hydrolysis) is 1. The number of hydrogen-bond donors (Lipinski definition) is 1. The van der Waals surface area contributed by atoms with Crippen molar-refractivity contribution in [3.63, 3.8) is 0 Å². The Morgan fingerprint density at radius 3 is 2.40 bits per heavy atom. The summed E-state index contributed by atoms with van der Waals surface area (Å²) in [6, 6.07) is 14.5. The lowest BCUT2D eigenvalue weighted by Gasteiger charge is -2.05. The zero-order valence-corrected chi connectivity index (χ0v) is 14.1. The Labute approximate surface area is 146 Å². The Morgan fingerprint density at radius 1 is 1.08 bits per heavy atom. The van der Waals surface area contributed by atoms with Crippen LogP contribution in [-0.2, 0) is 21.6 Å². The van der Waals surface area contributed by atoms with Crippen molar-refractivity contribution < 1.29 is 21.8 Å². The molecule has 7 heteroatoms. The van der Waals surface area contributed by atoms with Crippen LogP contribution in [0.2, 0.25) is 0 Å². The van der Waals surface area contributed by atoms with Crippen LogP contribution in [-0.4, -0.2) is 21.1 Å². The van der Waals surface area contributed by atoms with Gasteiger partial charge in [0.15, 0.2) is 0 Å². The summed E-state index contributed by atoms with van der Waals surface area (Å²) in [5, 5.41) is 2.58. The highest BCUT2D eigenvalue weighted by Gasteiger charge is 2.10. The zero-order chi connectivity index (χ0) is 18.1. The molecule has 25 heavy (non-hydrogen) atoms. The highest BCUT2D eigenvalue weighted by Crippen LogP contribution is 2.12. The van der Waals surface area contributed by atoms with Crippen molar-refractivity contribution in [2.75, 3.05) is 6.54 Å². The largest absolute Gasteiger partial charge is 0.445 e. The van der Waals surface area contributed by atoms with Gasteiger partial charge < -0.3 is 10.1 Å². The third-order valence-electron chi connectivity index (χ3n) is 3.10. The van der Waals surface area contributed by atoms with Crippen molar-refractivity contribution in [2.45, 2.75) is 17.9 Å². The molecule has 0 aromatic heterocycles. The van der Waals surface area contributed by atoms with Gasteiger partial charge in [0.25, 0.3) is 0 Å². The van der Waals surface area contributed by atoms with Gasteiger partial charge in [-0.05, 0) is 29.8 Å². The number of nitrogens with one attached hydrogen (secondary N) is 1. The fourth-order valence-electron chi connectivity index (χ4n) is 1.87. The van der Waals surface area contributed by atoms with Crippen molar-refractivity contribution in [3.05, 3.63) is 65.7 Å². The first-order valence-corrected chi connectivity index (χ1v) is 8.81. The van der Waals surface area contributed by atoms with E-state index < -0.39 is 21.2 Å². The highest BCUT2D eigenvalue weighted by atomic mass is 32.3. The Hall–Kier alpha value is -2.85. The van der Waals surface area contributed by atoms with E-state index >= 15 is 0 Å². The molecule has 0 radical (unpaired) electrons. The molecule has 0 fully saturated rings. The molecular weight excluding hydrogens is 345 g/mol. The molecule has 2 aromatic carbocycles. The molecule has 1 N–H and O–H groups in total. The van der Waals surface area contributed by atoms with E-state index in [-0.39, 0.29) is 6.61 Å². The van der Waals surface area contributed by atoms with E-state index in [4.69, 9.17) is 4.74 Å². The third-order valence-corrected chi connectivity index (χ3v) is 3.94. The van der Waals surface area contributed by atoms with Gasteiger partial charge in [-0.15, -0.1) is 3.89 Å². The van der Waals surface area contributed by atoms with Gasteiger partial charge in [-0.3, -0.25) is 0 Å². The van der Waals surface area contributed by atoms with Crippen LogP contribution in [0.3, 0.4) is 0 Å². The summed E-state index contributed by atoms with van der Waals surface area (Å²) < 4.78 is 39.2. The summed E-state index contributed by atoms with van der Waals surface area (Å²) in [5.74, 6) is 5.62. The Morgan fingerprint density at radius 2 is 1.76 bits per heavy atom. The van der Waals surface area contributed by atoms with Gasteiger partial charge in [0, 0.05) is 18.5 Å². The average Bonchev–Trinajstić information content (AvgIpc) is 2.60. The normalized spacial score (nSPS) is 10.4. The molecule has 5 nitrogen and oxygen atoms in total. The maximum atomic E-state index is 12.7. The molecule has 0 heterocycles. The fourth-order valence-corrected chi connectivity index (χ4v) is 2.33. The Bertz CT molecular complexity index is 869. The number of rotatable bonds is 5. The van der Waals surface area contributed by atoms with Gasteiger partial charge in [0.2, 0.25) is 0 Å². The number of amides is 1. The third kappa shape index (κ3) is 6.65. The van der Waals surface area contributed by atoms with Crippen molar-refractivity contribution in [2.24, 2.45) is 0 Å². The minimum Gasteiger partial charge on any atom is -0.445 e. The molecule has 0 spiro atoms. The summed E-state index contributed by atoms with van der Waals surface area (Å²) in [4.78, 5) is 11.1. The first kappa shape index (κ1) is 18.5. The number of carbonyl (C=O) groups excluding carboxylic acids is 1. The lowest BCUT2D eigenvalue weighted by atomic mass is 10.2. The van der Waals surface area contributed by atoms with E-state index in [2.05, 4.69) is 17.2 Å².